The first kappa shape index (κ1) is 11.9. The van der Waals surface area contributed by atoms with E-state index in [-0.39, 0.29) is 0 Å². The average Bonchev–Trinajstić information content (AvgIpc) is 2.10. The molecule has 72 valence electrons. The van der Waals surface area contributed by atoms with E-state index in [1.54, 1.807) is 0 Å². The Hall–Kier alpha value is -0.0500. The molecule has 2 nitrogen and oxygen atoms in total. The molecule has 0 amide bonds. The molecule has 0 atom stereocenters. The minimum Gasteiger partial charge on any atom is -0.379 e. The maximum atomic E-state index is 5.41. The zero-order valence-electron chi connectivity index (χ0n) is 7.43. The summed E-state index contributed by atoms with van der Waals surface area (Å²) >= 11 is 5.41. The molecule has 0 aromatic rings. The van der Waals surface area contributed by atoms with Gasteiger partial charge < -0.3 is 9.47 Å². The highest BCUT2D eigenvalue weighted by Crippen LogP contribution is 1.90. The maximum absolute atomic E-state index is 5.41. The van der Waals surface area contributed by atoms with Crippen LogP contribution in [0, 0.1) is 0 Å². The van der Waals surface area contributed by atoms with Gasteiger partial charge in [-0.25, -0.2) is 0 Å². The SMILES string of the molecule is C=CCCCOCCOCCCl. The second-order valence-electron chi connectivity index (χ2n) is 2.34. The fraction of sp³-hybridized carbons (Fsp3) is 0.778. The number of rotatable bonds is 9. The lowest BCUT2D eigenvalue weighted by atomic mass is 10.3. The lowest BCUT2D eigenvalue weighted by molar-refractivity contribution is 0.0529. The lowest BCUT2D eigenvalue weighted by Gasteiger charge is -2.03. The molecule has 0 fully saturated rings. The molecule has 0 aliphatic heterocycles. The fourth-order valence-corrected chi connectivity index (χ4v) is 0.815. The van der Waals surface area contributed by atoms with Crippen molar-refractivity contribution in [3.8, 4) is 0 Å². The van der Waals surface area contributed by atoms with E-state index in [1.807, 2.05) is 6.08 Å². The third-order valence-electron chi connectivity index (χ3n) is 1.29. The second kappa shape index (κ2) is 11.0. The van der Waals surface area contributed by atoms with Gasteiger partial charge in [-0.15, -0.1) is 18.2 Å². The van der Waals surface area contributed by atoms with Gasteiger partial charge in [0.25, 0.3) is 0 Å². The van der Waals surface area contributed by atoms with Crippen molar-refractivity contribution in [2.24, 2.45) is 0 Å². The molecule has 0 spiro atoms. The van der Waals surface area contributed by atoms with Gasteiger partial charge in [-0.05, 0) is 12.8 Å². The number of unbranched alkanes of at least 4 members (excludes halogenated alkanes) is 1. The first-order chi connectivity index (χ1) is 5.91. The van der Waals surface area contributed by atoms with Crippen molar-refractivity contribution >= 4 is 11.6 Å². The van der Waals surface area contributed by atoms with Crippen LogP contribution in [-0.2, 0) is 9.47 Å². The van der Waals surface area contributed by atoms with Crippen molar-refractivity contribution in [3.05, 3.63) is 12.7 Å². The Kier molecular flexibility index (Phi) is 10.9. The highest BCUT2D eigenvalue weighted by molar-refractivity contribution is 6.17. The molecule has 0 saturated carbocycles. The molecule has 0 rings (SSSR count). The summed E-state index contributed by atoms with van der Waals surface area (Å²) in [4.78, 5) is 0. The normalized spacial score (nSPS) is 10.1. The zero-order chi connectivity index (χ0) is 9.07. The molecule has 0 aliphatic carbocycles. The summed E-state index contributed by atoms with van der Waals surface area (Å²) in [5.41, 5.74) is 0. The maximum Gasteiger partial charge on any atom is 0.0701 e. The van der Waals surface area contributed by atoms with Crippen molar-refractivity contribution in [1.29, 1.82) is 0 Å². The third kappa shape index (κ3) is 9.95. The Balaban J connectivity index is 2.77. The second-order valence-corrected chi connectivity index (χ2v) is 2.72. The van der Waals surface area contributed by atoms with Crippen LogP contribution in [0.4, 0.5) is 0 Å². The fourth-order valence-electron chi connectivity index (χ4n) is 0.706. The van der Waals surface area contributed by atoms with Crippen LogP contribution >= 0.6 is 11.6 Å². The van der Waals surface area contributed by atoms with Gasteiger partial charge in [0.15, 0.2) is 0 Å². The van der Waals surface area contributed by atoms with Crippen molar-refractivity contribution in [2.45, 2.75) is 12.8 Å². The van der Waals surface area contributed by atoms with E-state index >= 15 is 0 Å². The van der Waals surface area contributed by atoms with E-state index in [9.17, 15) is 0 Å². The van der Waals surface area contributed by atoms with Crippen LogP contribution in [0.2, 0.25) is 0 Å². The first-order valence-electron chi connectivity index (χ1n) is 4.24. The van der Waals surface area contributed by atoms with Crippen LogP contribution < -0.4 is 0 Å². The van der Waals surface area contributed by atoms with E-state index in [2.05, 4.69) is 6.58 Å². The Labute approximate surface area is 79.5 Å². The van der Waals surface area contributed by atoms with Crippen molar-refractivity contribution < 1.29 is 9.47 Å². The number of hydrogen-bond acceptors (Lipinski definition) is 2. The molecule has 3 heteroatoms. The molecule has 12 heavy (non-hydrogen) atoms. The molecule has 0 heterocycles. The minimum atomic E-state index is 0.552. The summed E-state index contributed by atoms with van der Waals surface area (Å²) in [6.07, 6.45) is 3.95. The molecule has 0 aromatic carbocycles. The quantitative estimate of drug-likeness (QED) is 0.317. The standard InChI is InChI=1S/C9H17ClO2/c1-2-3-4-6-11-8-9-12-7-5-10/h2H,1,3-9H2. The molecule has 0 radical (unpaired) electrons. The number of hydrogen-bond donors (Lipinski definition) is 0. The van der Waals surface area contributed by atoms with E-state index < -0.39 is 0 Å². The van der Waals surface area contributed by atoms with E-state index in [1.165, 1.54) is 0 Å². The third-order valence-corrected chi connectivity index (χ3v) is 1.44. The highest BCUT2D eigenvalue weighted by atomic mass is 35.5. The first-order valence-corrected chi connectivity index (χ1v) is 4.77. The van der Waals surface area contributed by atoms with Crippen LogP contribution in [-0.4, -0.2) is 32.3 Å². The van der Waals surface area contributed by atoms with Crippen molar-refractivity contribution in [3.63, 3.8) is 0 Å². The Bertz CT molecular complexity index is 96.5. The van der Waals surface area contributed by atoms with Crippen LogP contribution in [0.1, 0.15) is 12.8 Å². The van der Waals surface area contributed by atoms with Gasteiger partial charge in [-0.2, -0.15) is 0 Å². The summed E-state index contributed by atoms with van der Waals surface area (Å²) in [6.45, 7) is 6.32. The number of alkyl halides is 1. The molecular formula is C9H17ClO2. The summed E-state index contributed by atoms with van der Waals surface area (Å²) in [5.74, 6) is 0.552. The molecule has 0 aromatic heterocycles. The molecule has 0 N–H and O–H groups in total. The van der Waals surface area contributed by atoms with Gasteiger partial charge in [-0.1, -0.05) is 6.08 Å². The van der Waals surface area contributed by atoms with Gasteiger partial charge in [0.05, 0.1) is 19.8 Å². The van der Waals surface area contributed by atoms with E-state index in [0.717, 1.165) is 19.4 Å². The number of allylic oxidation sites excluding steroid dienone is 1. The predicted octanol–water partition coefficient (Wildman–Crippen LogP) is 2.22. The molecular weight excluding hydrogens is 176 g/mol. The number of halogens is 1. The Morgan fingerprint density at radius 3 is 2.33 bits per heavy atom. The van der Waals surface area contributed by atoms with Gasteiger partial charge in [0, 0.05) is 12.5 Å². The molecule has 0 saturated heterocycles. The van der Waals surface area contributed by atoms with Gasteiger partial charge in [-0.3, -0.25) is 0 Å². The lowest BCUT2D eigenvalue weighted by Crippen LogP contribution is -2.06. The predicted molar refractivity (Wildman–Crippen MR) is 51.8 cm³/mol. The van der Waals surface area contributed by atoms with Crippen LogP contribution in [0.5, 0.6) is 0 Å². The molecule has 0 unspecified atom stereocenters. The van der Waals surface area contributed by atoms with Crippen LogP contribution in [0.3, 0.4) is 0 Å². The van der Waals surface area contributed by atoms with Crippen LogP contribution in [0.15, 0.2) is 12.7 Å². The van der Waals surface area contributed by atoms with Crippen LogP contribution in [0.25, 0.3) is 0 Å². The Morgan fingerprint density at radius 2 is 1.75 bits per heavy atom. The number of ether oxygens (including phenoxy) is 2. The van der Waals surface area contributed by atoms with Gasteiger partial charge in [0.2, 0.25) is 0 Å². The summed E-state index contributed by atoms with van der Waals surface area (Å²) in [7, 11) is 0. The topological polar surface area (TPSA) is 18.5 Å². The largest absolute Gasteiger partial charge is 0.379 e. The summed E-state index contributed by atoms with van der Waals surface area (Å²) < 4.78 is 10.4. The van der Waals surface area contributed by atoms with E-state index in [0.29, 0.717) is 25.7 Å². The minimum absolute atomic E-state index is 0.552. The monoisotopic (exact) mass is 192 g/mol. The average molecular weight is 193 g/mol. The van der Waals surface area contributed by atoms with Crippen molar-refractivity contribution in [1.82, 2.24) is 0 Å². The highest BCUT2D eigenvalue weighted by Gasteiger charge is 1.88. The molecule has 0 aliphatic rings. The Morgan fingerprint density at radius 1 is 1.08 bits per heavy atom. The smallest absolute Gasteiger partial charge is 0.0701 e. The summed E-state index contributed by atoms with van der Waals surface area (Å²) in [5, 5.41) is 0. The summed E-state index contributed by atoms with van der Waals surface area (Å²) in [6, 6.07) is 0. The van der Waals surface area contributed by atoms with Gasteiger partial charge >= 0.3 is 0 Å². The van der Waals surface area contributed by atoms with Crippen molar-refractivity contribution in [2.75, 3.05) is 32.3 Å². The van der Waals surface area contributed by atoms with Gasteiger partial charge in [0.1, 0.15) is 0 Å². The molecule has 0 bridgehead atoms. The van der Waals surface area contributed by atoms with E-state index in [4.69, 9.17) is 21.1 Å². The zero-order valence-corrected chi connectivity index (χ0v) is 8.18.